The second-order valence-corrected chi connectivity index (χ2v) is 16.4. The third-order valence-corrected chi connectivity index (χ3v) is 15.5. The molecular formula is C23H40O4Si. The molecule has 1 spiro atoms. The lowest BCUT2D eigenvalue weighted by molar-refractivity contribution is -0.241. The second-order valence-electron chi connectivity index (χ2n) is 10.9. The summed E-state index contributed by atoms with van der Waals surface area (Å²) in [5.74, 6) is 2.42. The summed E-state index contributed by atoms with van der Waals surface area (Å²) in [6, 6.07) is 0. The average Bonchev–Trinajstić information content (AvgIpc) is 3.13. The maximum atomic E-state index is 12.4. The van der Waals surface area contributed by atoms with E-state index in [0.717, 1.165) is 19.4 Å². The van der Waals surface area contributed by atoms with Crippen LogP contribution in [0.4, 0.5) is 0 Å². The molecule has 0 heterocycles. The van der Waals surface area contributed by atoms with Gasteiger partial charge in [-0.25, -0.2) is 0 Å². The molecule has 4 aliphatic rings. The molecule has 0 bridgehead atoms. The van der Waals surface area contributed by atoms with E-state index in [4.69, 9.17) is 9.16 Å². The molecule has 4 saturated carbocycles. The van der Waals surface area contributed by atoms with Gasteiger partial charge in [-0.2, -0.15) is 0 Å². The average molecular weight is 409 g/mol. The molecule has 0 saturated heterocycles. The highest BCUT2D eigenvalue weighted by Crippen LogP contribution is 2.89. The molecule has 0 radical (unpaired) electrons. The van der Waals surface area contributed by atoms with E-state index in [0.29, 0.717) is 52.8 Å². The van der Waals surface area contributed by atoms with Crippen LogP contribution in [-0.4, -0.2) is 38.7 Å². The molecular weight excluding hydrogens is 368 g/mol. The minimum atomic E-state index is -1.88. The zero-order valence-electron chi connectivity index (χ0n) is 18.8. The summed E-state index contributed by atoms with van der Waals surface area (Å²) in [4.78, 5) is 12.4. The van der Waals surface area contributed by atoms with Gasteiger partial charge in [-0.3, -0.25) is 4.79 Å². The lowest BCUT2D eigenvalue weighted by atomic mass is 9.38. The zero-order chi connectivity index (χ0) is 20.6. The molecule has 4 rings (SSSR count). The number of rotatable bonds is 8. The summed E-state index contributed by atoms with van der Waals surface area (Å²) in [6.45, 7) is 17.2. The SMILES string of the molecule is CCOC(=O)[C@H]1C2C1C13[C@H](O)CC[C@H]1[C@H](CO[Si](C(C)C)(C(C)C)C(C)C)[C@H]23. The molecule has 3 unspecified atom stereocenters. The molecule has 8 atom stereocenters. The van der Waals surface area contributed by atoms with E-state index in [9.17, 15) is 9.90 Å². The normalized spacial score (nSPS) is 43.3. The molecule has 5 heteroatoms. The number of carbonyl (C=O) groups excluding carboxylic acids is 1. The third kappa shape index (κ3) is 2.33. The molecule has 160 valence electrons. The van der Waals surface area contributed by atoms with Gasteiger partial charge in [0.05, 0.1) is 18.6 Å². The largest absolute Gasteiger partial charge is 0.466 e. The van der Waals surface area contributed by atoms with Crippen molar-refractivity contribution >= 4 is 14.3 Å². The van der Waals surface area contributed by atoms with Gasteiger partial charge in [0.2, 0.25) is 0 Å². The smallest absolute Gasteiger partial charge is 0.309 e. The Morgan fingerprint density at radius 2 is 1.68 bits per heavy atom. The summed E-state index contributed by atoms with van der Waals surface area (Å²) >= 11 is 0. The van der Waals surface area contributed by atoms with Crippen molar-refractivity contribution < 1.29 is 19.1 Å². The summed E-state index contributed by atoms with van der Waals surface area (Å²) in [7, 11) is -1.88. The molecule has 0 aromatic rings. The van der Waals surface area contributed by atoms with E-state index < -0.39 is 8.32 Å². The van der Waals surface area contributed by atoms with Gasteiger partial charge in [-0.1, -0.05) is 41.5 Å². The molecule has 0 aromatic heterocycles. The Morgan fingerprint density at radius 1 is 1.07 bits per heavy atom. The first-order valence-electron chi connectivity index (χ1n) is 11.7. The molecule has 0 aromatic carbocycles. The molecule has 1 N–H and O–H groups in total. The molecule has 4 fully saturated rings. The van der Waals surface area contributed by atoms with Gasteiger partial charge in [0.15, 0.2) is 8.32 Å². The van der Waals surface area contributed by atoms with Crippen molar-refractivity contribution in [2.24, 2.45) is 40.9 Å². The fourth-order valence-corrected chi connectivity index (χ4v) is 14.2. The van der Waals surface area contributed by atoms with E-state index in [1.54, 1.807) is 0 Å². The predicted octanol–water partition coefficient (Wildman–Crippen LogP) is 4.62. The third-order valence-electron chi connectivity index (χ3n) is 9.38. The standard InChI is InChI=1S/C23H40O4Si/c1-8-26-22(25)19-18-20-15(16-9-10-17(24)23(16,20)21(18)19)11-27-28(12(2)3,13(4)5)14(6)7/h12-21,24H,8-11H2,1-7H3/t15-,16-,17+,18?,19-,20+,21?,23?/m0/s1. The van der Waals surface area contributed by atoms with Crippen molar-refractivity contribution in [3.8, 4) is 0 Å². The molecule has 4 nitrogen and oxygen atoms in total. The van der Waals surface area contributed by atoms with Crippen LogP contribution in [0, 0.1) is 40.9 Å². The zero-order valence-corrected chi connectivity index (χ0v) is 19.8. The highest BCUT2D eigenvalue weighted by molar-refractivity contribution is 6.77. The summed E-state index contributed by atoms with van der Waals surface area (Å²) in [5, 5.41) is 10.9. The number of fused-ring (bicyclic) bond motifs is 2. The van der Waals surface area contributed by atoms with E-state index >= 15 is 0 Å². The van der Waals surface area contributed by atoms with Gasteiger partial charge < -0.3 is 14.3 Å². The first kappa shape index (κ1) is 20.9. The monoisotopic (exact) mass is 408 g/mol. The molecule has 0 amide bonds. The molecule has 28 heavy (non-hydrogen) atoms. The van der Waals surface area contributed by atoms with Crippen molar-refractivity contribution in [3.05, 3.63) is 0 Å². The van der Waals surface area contributed by atoms with Crippen molar-refractivity contribution in [2.75, 3.05) is 13.2 Å². The number of esters is 1. The van der Waals surface area contributed by atoms with E-state index in [1.165, 1.54) is 0 Å². The lowest BCUT2D eigenvalue weighted by Crippen LogP contribution is -2.68. The summed E-state index contributed by atoms with van der Waals surface area (Å²) in [6.07, 6.45) is 1.78. The van der Waals surface area contributed by atoms with Crippen LogP contribution in [0.2, 0.25) is 16.6 Å². The van der Waals surface area contributed by atoms with Crippen LogP contribution in [0.1, 0.15) is 61.3 Å². The molecule has 0 aliphatic heterocycles. The summed E-state index contributed by atoms with van der Waals surface area (Å²) in [5.41, 5.74) is 1.80. The lowest BCUT2D eigenvalue weighted by Gasteiger charge is -2.67. The van der Waals surface area contributed by atoms with Gasteiger partial charge in [0.1, 0.15) is 0 Å². The predicted molar refractivity (Wildman–Crippen MR) is 112 cm³/mol. The van der Waals surface area contributed by atoms with Crippen LogP contribution in [0.25, 0.3) is 0 Å². The highest BCUT2D eigenvalue weighted by atomic mass is 28.4. The fraction of sp³-hybridized carbons (Fsp3) is 0.957. The topological polar surface area (TPSA) is 55.8 Å². The van der Waals surface area contributed by atoms with E-state index in [1.807, 2.05) is 6.92 Å². The Hall–Kier alpha value is -0.393. The maximum Gasteiger partial charge on any atom is 0.309 e. The Kier molecular flexibility index (Phi) is 5.08. The Balaban J connectivity index is 1.51. The second kappa shape index (κ2) is 6.81. The van der Waals surface area contributed by atoms with Crippen LogP contribution in [0.5, 0.6) is 0 Å². The fourth-order valence-electron chi connectivity index (χ4n) is 8.76. The van der Waals surface area contributed by atoms with Crippen molar-refractivity contribution in [2.45, 2.75) is 84.0 Å². The van der Waals surface area contributed by atoms with Gasteiger partial charge in [0.25, 0.3) is 0 Å². The van der Waals surface area contributed by atoms with E-state index in [-0.39, 0.29) is 23.4 Å². The van der Waals surface area contributed by atoms with Gasteiger partial charge in [-0.05, 0) is 66.0 Å². The van der Waals surface area contributed by atoms with Gasteiger partial charge in [0, 0.05) is 12.0 Å². The minimum absolute atomic E-state index is 0.0194. The maximum absolute atomic E-state index is 12.4. The number of aliphatic hydroxyl groups excluding tert-OH is 1. The van der Waals surface area contributed by atoms with Crippen molar-refractivity contribution in [1.82, 2.24) is 0 Å². The Labute approximate surface area is 171 Å². The van der Waals surface area contributed by atoms with Crippen LogP contribution < -0.4 is 0 Å². The number of ether oxygens (including phenoxy) is 1. The van der Waals surface area contributed by atoms with E-state index in [2.05, 4.69) is 41.5 Å². The summed E-state index contributed by atoms with van der Waals surface area (Å²) < 4.78 is 12.3. The van der Waals surface area contributed by atoms with Crippen LogP contribution in [0.15, 0.2) is 0 Å². The van der Waals surface area contributed by atoms with Crippen molar-refractivity contribution in [1.29, 1.82) is 0 Å². The highest BCUT2D eigenvalue weighted by Gasteiger charge is 2.90. The Morgan fingerprint density at radius 3 is 2.21 bits per heavy atom. The van der Waals surface area contributed by atoms with Crippen LogP contribution >= 0.6 is 0 Å². The van der Waals surface area contributed by atoms with Gasteiger partial charge >= 0.3 is 5.97 Å². The number of aliphatic hydroxyl groups is 1. The quantitative estimate of drug-likeness (QED) is 0.470. The first-order valence-corrected chi connectivity index (χ1v) is 13.8. The Bertz CT molecular complexity index is 610. The first-order chi connectivity index (χ1) is 13.2. The minimum Gasteiger partial charge on any atom is -0.466 e. The van der Waals surface area contributed by atoms with Crippen molar-refractivity contribution in [3.63, 3.8) is 0 Å². The number of hydrogen-bond acceptors (Lipinski definition) is 4. The van der Waals surface area contributed by atoms with Gasteiger partial charge in [-0.15, -0.1) is 0 Å². The molecule has 4 aliphatic carbocycles. The number of carbonyl (C=O) groups is 1. The van der Waals surface area contributed by atoms with Crippen LogP contribution in [-0.2, 0) is 14.0 Å². The number of hydrogen-bond donors (Lipinski definition) is 1. The van der Waals surface area contributed by atoms with Crippen LogP contribution in [0.3, 0.4) is 0 Å².